The Bertz CT molecular complexity index is 641. The van der Waals surface area contributed by atoms with Crippen LogP contribution in [0.4, 0.5) is 0 Å². The molecule has 0 amide bonds. The highest BCUT2D eigenvalue weighted by atomic mass is 79.9. The molecule has 3 nitrogen and oxygen atoms in total. The molecule has 0 heterocycles. The predicted molar refractivity (Wildman–Crippen MR) is 83.0 cm³/mol. The molecule has 98 valence electrons. The molecular weight excluding hydrogens is 444 g/mol. The van der Waals surface area contributed by atoms with Gasteiger partial charge in [0, 0.05) is 8.95 Å². The number of ether oxygens (including phenoxy) is 1. The molecule has 0 aromatic heterocycles. The van der Waals surface area contributed by atoms with E-state index in [1.165, 1.54) is 6.07 Å². The van der Waals surface area contributed by atoms with Crippen LogP contribution >= 0.6 is 47.8 Å². The molecule has 0 saturated heterocycles. The molecule has 0 unspecified atom stereocenters. The highest BCUT2D eigenvalue weighted by Crippen LogP contribution is 2.33. The van der Waals surface area contributed by atoms with Gasteiger partial charge >= 0.3 is 5.97 Å². The summed E-state index contributed by atoms with van der Waals surface area (Å²) in [6, 6.07) is 10.3. The number of carboxylic acids is 1. The van der Waals surface area contributed by atoms with Gasteiger partial charge in [-0.25, -0.2) is 4.79 Å². The molecule has 0 spiro atoms. The summed E-state index contributed by atoms with van der Waals surface area (Å²) in [4.78, 5) is 10.9. The largest absolute Gasteiger partial charge is 0.478 e. The van der Waals surface area contributed by atoms with Gasteiger partial charge in [0.15, 0.2) is 0 Å². The Hall–Kier alpha value is -0.850. The van der Waals surface area contributed by atoms with Gasteiger partial charge in [-0.3, -0.25) is 0 Å². The molecule has 0 saturated carbocycles. The Kier molecular flexibility index (Phi) is 4.65. The zero-order valence-corrected chi connectivity index (χ0v) is 14.1. The number of carbonyl (C=O) groups is 1. The molecule has 0 bridgehead atoms. The summed E-state index contributed by atoms with van der Waals surface area (Å²) in [5.74, 6) is 0.223. The Labute approximate surface area is 135 Å². The number of halogens is 3. The lowest BCUT2D eigenvalue weighted by Crippen LogP contribution is -1.97. The first-order valence-corrected chi connectivity index (χ1v) is 7.51. The van der Waals surface area contributed by atoms with Gasteiger partial charge in [-0.1, -0.05) is 15.9 Å². The maximum atomic E-state index is 10.9. The molecule has 0 aliphatic heterocycles. The second-order valence-electron chi connectivity index (χ2n) is 3.62. The SMILES string of the molecule is O=C(O)c1ccc(Oc2ccc(Br)cc2Br)cc1Br. The van der Waals surface area contributed by atoms with E-state index in [1.54, 1.807) is 12.1 Å². The molecule has 0 atom stereocenters. The smallest absolute Gasteiger partial charge is 0.336 e. The predicted octanol–water partition coefficient (Wildman–Crippen LogP) is 5.46. The third-order valence-electron chi connectivity index (χ3n) is 2.29. The molecule has 2 aromatic carbocycles. The van der Waals surface area contributed by atoms with Crippen molar-refractivity contribution in [1.29, 1.82) is 0 Å². The summed E-state index contributed by atoms with van der Waals surface area (Å²) in [7, 11) is 0. The van der Waals surface area contributed by atoms with Crippen molar-refractivity contribution < 1.29 is 14.6 Å². The molecule has 6 heteroatoms. The van der Waals surface area contributed by atoms with Crippen molar-refractivity contribution in [2.24, 2.45) is 0 Å². The van der Waals surface area contributed by atoms with Crippen molar-refractivity contribution in [2.45, 2.75) is 0 Å². The summed E-state index contributed by atoms with van der Waals surface area (Å²) in [6.45, 7) is 0. The minimum absolute atomic E-state index is 0.197. The maximum Gasteiger partial charge on any atom is 0.336 e. The summed E-state index contributed by atoms with van der Waals surface area (Å²) >= 11 is 9.97. The molecule has 0 fully saturated rings. The molecular formula is C13H7Br3O3. The normalized spacial score (nSPS) is 10.3. The Morgan fingerprint density at radius 3 is 2.32 bits per heavy atom. The van der Waals surface area contributed by atoms with Crippen molar-refractivity contribution in [2.75, 3.05) is 0 Å². The Morgan fingerprint density at radius 1 is 1.00 bits per heavy atom. The average molecular weight is 451 g/mol. The van der Waals surface area contributed by atoms with Gasteiger partial charge in [0.1, 0.15) is 11.5 Å². The molecule has 0 aliphatic rings. The van der Waals surface area contributed by atoms with Crippen LogP contribution in [0.15, 0.2) is 49.8 Å². The Morgan fingerprint density at radius 2 is 1.74 bits per heavy atom. The monoisotopic (exact) mass is 448 g/mol. The summed E-state index contributed by atoms with van der Waals surface area (Å²) in [6.07, 6.45) is 0. The van der Waals surface area contributed by atoms with Crippen LogP contribution in [0.5, 0.6) is 11.5 Å². The fraction of sp³-hybridized carbons (Fsp3) is 0. The quantitative estimate of drug-likeness (QED) is 0.675. The van der Waals surface area contributed by atoms with E-state index in [1.807, 2.05) is 18.2 Å². The summed E-state index contributed by atoms with van der Waals surface area (Å²) < 4.78 is 7.91. The molecule has 0 aliphatic carbocycles. The third-order valence-corrected chi connectivity index (χ3v) is 4.06. The van der Waals surface area contributed by atoms with E-state index in [0.29, 0.717) is 16.0 Å². The number of rotatable bonds is 3. The second kappa shape index (κ2) is 6.07. The van der Waals surface area contributed by atoms with Gasteiger partial charge in [0.05, 0.1) is 10.0 Å². The van der Waals surface area contributed by atoms with Crippen LogP contribution in [0.2, 0.25) is 0 Å². The van der Waals surface area contributed by atoms with Crippen LogP contribution in [0, 0.1) is 0 Å². The zero-order valence-electron chi connectivity index (χ0n) is 9.36. The number of aromatic carboxylic acids is 1. The number of hydrogen-bond donors (Lipinski definition) is 1. The lowest BCUT2D eigenvalue weighted by molar-refractivity contribution is 0.0696. The fourth-order valence-corrected chi connectivity index (χ4v) is 3.07. The number of carboxylic acid groups (broad SMARTS) is 1. The average Bonchev–Trinajstić information content (AvgIpc) is 2.32. The van der Waals surface area contributed by atoms with Crippen molar-refractivity contribution in [3.05, 3.63) is 55.4 Å². The van der Waals surface area contributed by atoms with Gasteiger partial charge < -0.3 is 9.84 Å². The van der Waals surface area contributed by atoms with E-state index >= 15 is 0 Å². The summed E-state index contributed by atoms with van der Waals surface area (Å²) in [5.41, 5.74) is 0.197. The van der Waals surface area contributed by atoms with E-state index < -0.39 is 5.97 Å². The highest BCUT2D eigenvalue weighted by molar-refractivity contribution is 9.11. The van der Waals surface area contributed by atoms with Crippen LogP contribution in [0.25, 0.3) is 0 Å². The Balaban J connectivity index is 2.29. The lowest BCUT2D eigenvalue weighted by Gasteiger charge is -2.09. The van der Waals surface area contributed by atoms with Crippen molar-refractivity contribution >= 4 is 53.8 Å². The third kappa shape index (κ3) is 3.58. The number of hydrogen-bond acceptors (Lipinski definition) is 2. The number of benzene rings is 2. The van der Waals surface area contributed by atoms with Crippen molar-refractivity contribution in [1.82, 2.24) is 0 Å². The molecule has 0 radical (unpaired) electrons. The van der Waals surface area contributed by atoms with Crippen LogP contribution in [-0.2, 0) is 0 Å². The standard InChI is InChI=1S/C13H7Br3O3/c14-7-1-4-12(11(16)5-7)19-8-2-3-9(13(17)18)10(15)6-8/h1-6H,(H,17,18). The second-order valence-corrected chi connectivity index (χ2v) is 6.25. The highest BCUT2D eigenvalue weighted by Gasteiger charge is 2.10. The topological polar surface area (TPSA) is 46.5 Å². The van der Waals surface area contributed by atoms with Crippen molar-refractivity contribution in [3.63, 3.8) is 0 Å². The van der Waals surface area contributed by atoms with E-state index in [-0.39, 0.29) is 5.56 Å². The van der Waals surface area contributed by atoms with Crippen molar-refractivity contribution in [3.8, 4) is 11.5 Å². The van der Waals surface area contributed by atoms with Gasteiger partial charge in [0.25, 0.3) is 0 Å². The van der Waals surface area contributed by atoms with Gasteiger partial charge in [-0.05, 0) is 68.3 Å². The minimum Gasteiger partial charge on any atom is -0.478 e. The van der Waals surface area contributed by atoms with Gasteiger partial charge in [-0.15, -0.1) is 0 Å². The molecule has 2 aromatic rings. The van der Waals surface area contributed by atoms with Crippen LogP contribution in [0.1, 0.15) is 10.4 Å². The van der Waals surface area contributed by atoms with E-state index in [0.717, 1.165) is 8.95 Å². The fourth-order valence-electron chi connectivity index (χ4n) is 1.42. The first kappa shape index (κ1) is 14.6. The van der Waals surface area contributed by atoms with E-state index in [9.17, 15) is 4.79 Å². The lowest BCUT2D eigenvalue weighted by atomic mass is 10.2. The molecule has 2 rings (SSSR count). The van der Waals surface area contributed by atoms with E-state index in [4.69, 9.17) is 9.84 Å². The van der Waals surface area contributed by atoms with E-state index in [2.05, 4.69) is 47.8 Å². The first-order chi connectivity index (χ1) is 8.97. The van der Waals surface area contributed by atoms with Crippen LogP contribution < -0.4 is 4.74 Å². The van der Waals surface area contributed by atoms with Gasteiger partial charge in [-0.2, -0.15) is 0 Å². The molecule has 19 heavy (non-hydrogen) atoms. The van der Waals surface area contributed by atoms with Crippen LogP contribution in [-0.4, -0.2) is 11.1 Å². The van der Waals surface area contributed by atoms with Gasteiger partial charge in [0.2, 0.25) is 0 Å². The minimum atomic E-state index is -0.983. The zero-order chi connectivity index (χ0) is 14.0. The summed E-state index contributed by atoms with van der Waals surface area (Å²) in [5, 5.41) is 8.94. The van der Waals surface area contributed by atoms with Crippen LogP contribution in [0.3, 0.4) is 0 Å². The maximum absolute atomic E-state index is 10.9. The molecule has 1 N–H and O–H groups in total. The first-order valence-electron chi connectivity index (χ1n) is 5.13.